The van der Waals surface area contributed by atoms with Crippen LogP contribution in [0.15, 0.2) is 12.3 Å². The van der Waals surface area contributed by atoms with Crippen molar-refractivity contribution in [3.63, 3.8) is 0 Å². The van der Waals surface area contributed by atoms with Gasteiger partial charge in [0.05, 0.1) is 16.9 Å². The quantitative estimate of drug-likeness (QED) is 0.860. The molecule has 1 aliphatic rings. The lowest BCUT2D eigenvalue weighted by atomic mass is 10.1. The number of nitrogens with zero attached hydrogens (tertiary/aromatic N) is 2. The molecule has 1 saturated heterocycles. The van der Waals surface area contributed by atoms with Crippen LogP contribution in [-0.2, 0) is 4.74 Å². The minimum absolute atomic E-state index is 0.447. The van der Waals surface area contributed by atoms with Gasteiger partial charge >= 0.3 is 0 Å². The Kier molecular flexibility index (Phi) is 3.51. The van der Waals surface area contributed by atoms with Gasteiger partial charge in [0.15, 0.2) is 0 Å². The fourth-order valence-corrected chi connectivity index (χ4v) is 2.26. The van der Waals surface area contributed by atoms with Gasteiger partial charge in [-0.2, -0.15) is 0 Å². The Hall–Kier alpha value is -1.00. The van der Waals surface area contributed by atoms with Crippen LogP contribution in [-0.4, -0.2) is 31.3 Å². The maximum Gasteiger partial charge on any atom is 0.147 e. The summed E-state index contributed by atoms with van der Waals surface area (Å²) in [5.74, 6) is 0.794. The van der Waals surface area contributed by atoms with E-state index in [9.17, 15) is 0 Å². The molecule has 16 heavy (non-hydrogen) atoms. The molecular weight excluding hydrogens is 226 g/mol. The molecule has 0 aromatic carbocycles. The predicted molar refractivity (Wildman–Crippen MR) is 65.9 cm³/mol. The number of nitrogen functional groups attached to an aromatic ring is 1. The molecule has 0 amide bonds. The van der Waals surface area contributed by atoms with E-state index in [2.05, 4.69) is 9.88 Å². The van der Waals surface area contributed by atoms with Gasteiger partial charge in [-0.05, 0) is 18.9 Å². The molecule has 0 spiro atoms. The molecule has 2 N–H and O–H groups in total. The number of pyridine rings is 1. The van der Waals surface area contributed by atoms with Crippen molar-refractivity contribution in [2.45, 2.75) is 18.9 Å². The van der Waals surface area contributed by atoms with Gasteiger partial charge in [0, 0.05) is 26.3 Å². The summed E-state index contributed by atoms with van der Waals surface area (Å²) < 4.78 is 5.34. The highest BCUT2D eigenvalue weighted by Crippen LogP contribution is 2.27. The smallest absolute Gasteiger partial charge is 0.147 e. The first-order valence-corrected chi connectivity index (χ1v) is 5.78. The molecule has 0 radical (unpaired) electrons. The van der Waals surface area contributed by atoms with E-state index in [4.69, 9.17) is 22.1 Å². The zero-order valence-corrected chi connectivity index (χ0v) is 10.1. The second-order valence-electron chi connectivity index (χ2n) is 4.03. The van der Waals surface area contributed by atoms with Crippen molar-refractivity contribution >= 4 is 23.1 Å². The number of aromatic nitrogens is 1. The third kappa shape index (κ3) is 2.39. The van der Waals surface area contributed by atoms with Gasteiger partial charge in [-0.1, -0.05) is 11.6 Å². The molecule has 0 atom stereocenters. The van der Waals surface area contributed by atoms with E-state index in [0.717, 1.165) is 31.9 Å². The van der Waals surface area contributed by atoms with Crippen LogP contribution >= 0.6 is 11.6 Å². The summed E-state index contributed by atoms with van der Waals surface area (Å²) in [6.45, 7) is 1.61. The van der Waals surface area contributed by atoms with Gasteiger partial charge in [-0.25, -0.2) is 4.98 Å². The molecule has 2 rings (SSSR count). The number of nitrogens with two attached hydrogens (primary N) is 1. The molecular formula is C11H16ClN3O. The number of hydrogen-bond donors (Lipinski definition) is 1. The van der Waals surface area contributed by atoms with Gasteiger partial charge in [0.1, 0.15) is 5.82 Å². The Balaban J connectivity index is 2.15. The maximum absolute atomic E-state index is 6.13. The number of ether oxygens (including phenoxy) is 1. The van der Waals surface area contributed by atoms with Crippen LogP contribution in [0.4, 0.5) is 11.5 Å². The average Bonchev–Trinajstić information content (AvgIpc) is 2.29. The number of anilines is 2. The Morgan fingerprint density at radius 2 is 2.19 bits per heavy atom. The molecule has 5 heteroatoms. The van der Waals surface area contributed by atoms with Crippen molar-refractivity contribution in [1.82, 2.24) is 4.98 Å². The second-order valence-corrected chi connectivity index (χ2v) is 4.44. The summed E-state index contributed by atoms with van der Waals surface area (Å²) in [5, 5.41) is 0.606. The SMILES string of the molecule is CN(c1ncc(N)cc1Cl)C1CCOCC1. The highest BCUT2D eigenvalue weighted by atomic mass is 35.5. The topological polar surface area (TPSA) is 51.4 Å². The first-order valence-electron chi connectivity index (χ1n) is 5.40. The molecule has 0 unspecified atom stereocenters. The summed E-state index contributed by atoms with van der Waals surface area (Å²) in [5.41, 5.74) is 6.21. The Bertz CT molecular complexity index is 366. The first kappa shape index (κ1) is 11.5. The van der Waals surface area contributed by atoms with Gasteiger partial charge in [0.25, 0.3) is 0 Å². The fourth-order valence-electron chi connectivity index (χ4n) is 1.95. The Morgan fingerprint density at radius 3 is 2.81 bits per heavy atom. The summed E-state index contributed by atoms with van der Waals surface area (Å²) in [6, 6.07) is 2.18. The molecule has 0 saturated carbocycles. The largest absolute Gasteiger partial charge is 0.397 e. The number of rotatable bonds is 2. The summed E-state index contributed by atoms with van der Waals surface area (Å²) >= 11 is 6.13. The maximum atomic E-state index is 6.13. The van der Waals surface area contributed by atoms with E-state index in [-0.39, 0.29) is 0 Å². The van der Waals surface area contributed by atoms with Crippen LogP contribution in [0.2, 0.25) is 5.02 Å². The zero-order chi connectivity index (χ0) is 11.5. The van der Waals surface area contributed by atoms with Crippen LogP contribution < -0.4 is 10.6 Å². The van der Waals surface area contributed by atoms with E-state index in [1.807, 2.05) is 7.05 Å². The van der Waals surface area contributed by atoms with E-state index >= 15 is 0 Å². The normalized spacial score (nSPS) is 17.4. The Morgan fingerprint density at radius 1 is 1.50 bits per heavy atom. The van der Waals surface area contributed by atoms with Gasteiger partial charge in [0.2, 0.25) is 0 Å². The first-order chi connectivity index (χ1) is 7.68. The zero-order valence-electron chi connectivity index (χ0n) is 9.32. The fraction of sp³-hybridized carbons (Fsp3) is 0.545. The standard InChI is InChI=1S/C11H16ClN3O/c1-15(9-2-4-16-5-3-9)11-10(12)6-8(13)7-14-11/h6-7,9H,2-5,13H2,1H3. The van der Waals surface area contributed by atoms with Crippen molar-refractivity contribution in [2.24, 2.45) is 0 Å². The summed E-state index contributed by atoms with van der Waals surface area (Å²) in [4.78, 5) is 6.40. The molecule has 2 heterocycles. The third-order valence-corrected chi connectivity index (χ3v) is 3.19. The summed E-state index contributed by atoms with van der Waals surface area (Å²) in [6.07, 6.45) is 3.66. The van der Waals surface area contributed by atoms with Gasteiger partial charge in [-0.15, -0.1) is 0 Å². The molecule has 1 fully saturated rings. The van der Waals surface area contributed by atoms with Gasteiger partial charge in [-0.3, -0.25) is 0 Å². The van der Waals surface area contributed by atoms with Crippen molar-refractivity contribution in [1.29, 1.82) is 0 Å². The predicted octanol–water partition coefficient (Wildman–Crippen LogP) is 1.93. The molecule has 0 bridgehead atoms. The van der Waals surface area contributed by atoms with E-state index < -0.39 is 0 Å². The highest BCUT2D eigenvalue weighted by Gasteiger charge is 2.21. The van der Waals surface area contributed by atoms with E-state index in [1.54, 1.807) is 12.3 Å². The Labute approximate surface area is 100 Å². The summed E-state index contributed by atoms with van der Waals surface area (Å²) in [7, 11) is 2.01. The number of hydrogen-bond acceptors (Lipinski definition) is 4. The van der Waals surface area contributed by atoms with Crippen LogP contribution in [0.25, 0.3) is 0 Å². The minimum atomic E-state index is 0.447. The molecule has 1 aromatic rings. The van der Waals surface area contributed by atoms with Crippen LogP contribution in [0.3, 0.4) is 0 Å². The number of halogens is 1. The van der Waals surface area contributed by atoms with E-state index in [1.165, 1.54) is 0 Å². The average molecular weight is 242 g/mol. The lowest BCUT2D eigenvalue weighted by Gasteiger charge is -2.32. The molecule has 0 aliphatic carbocycles. The van der Waals surface area contributed by atoms with Gasteiger partial charge < -0.3 is 15.4 Å². The lowest BCUT2D eigenvalue weighted by Crippen LogP contribution is -2.37. The van der Waals surface area contributed by atoms with Crippen molar-refractivity contribution in [2.75, 3.05) is 30.9 Å². The van der Waals surface area contributed by atoms with Crippen molar-refractivity contribution in [3.8, 4) is 0 Å². The van der Waals surface area contributed by atoms with Crippen molar-refractivity contribution < 1.29 is 4.74 Å². The molecule has 4 nitrogen and oxygen atoms in total. The third-order valence-electron chi connectivity index (χ3n) is 2.92. The monoisotopic (exact) mass is 241 g/mol. The van der Waals surface area contributed by atoms with Crippen LogP contribution in [0.1, 0.15) is 12.8 Å². The lowest BCUT2D eigenvalue weighted by molar-refractivity contribution is 0.0853. The minimum Gasteiger partial charge on any atom is -0.397 e. The second kappa shape index (κ2) is 4.89. The molecule has 1 aromatic heterocycles. The van der Waals surface area contributed by atoms with Crippen LogP contribution in [0.5, 0.6) is 0 Å². The highest BCUT2D eigenvalue weighted by molar-refractivity contribution is 6.33. The molecule has 1 aliphatic heterocycles. The van der Waals surface area contributed by atoms with Crippen LogP contribution in [0, 0.1) is 0 Å². The van der Waals surface area contributed by atoms with Crippen molar-refractivity contribution in [3.05, 3.63) is 17.3 Å². The molecule has 88 valence electrons. The van der Waals surface area contributed by atoms with E-state index in [0.29, 0.717) is 16.8 Å².